The Morgan fingerprint density at radius 1 is 0.560 bits per heavy atom. The third kappa shape index (κ3) is 5.08. The van der Waals surface area contributed by atoms with Crippen molar-refractivity contribution < 1.29 is 4.74 Å². The van der Waals surface area contributed by atoms with Gasteiger partial charge in [-0.3, -0.25) is 4.57 Å². The van der Waals surface area contributed by atoms with Gasteiger partial charge in [-0.05, 0) is 89.3 Å². The highest BCUT2D eigenvalue weighted by atomic mass is 79.9. The van der Waals surface area contributed by atoms with E-state index in [9.17, 15) is 0 Å². The van der Waals surface area contributed by atoms with E-state index in [0.29, 0.717) is 0 Å². The number of ether oxygens (including phenoxy) is 1. The average Bonchev–Trinajstić information content (AvgIpc) is 3.64. The zero-order chi connectivity index (χ0) is 34.0. The molecule has 242 valence electrons. The Morgan fingerprint density at radius 3 is 2.14 bits per heavy atom. The van der Waals surface area contributed by atoms with Crippen LogP contribution < -0.4 is 4.74 Å². The number of para-hydroxylation sites is 3. The highest BCUT2D eigenvalue weighted by Gasteiger charge is 2.21. The molecule has 0 N–H and O–H groups in total. The number of hydrogen-bond acceptors (Lipinski definition) is 2. The predicted molar refractivity (Wildman–Crippen MR) is 211 cm³/mol. The molecule has 9 rings (SSSR count). The maximum absolute atomic E-state index is 6.39. The van der Waals surface area contributed by atoms with E-state index >= 15 is 0 Å². The van der Waals surface area contributed by atoms with Gasteiger partial charge in [-0.1, -0.05) is 103 Å². The normalized spacial score (nSPS) is 12.0. The zero-order valence-electron chi connectivity index (χ0n) is 28.1. The number of hydrogen-bond donors (Lipinski definition) is 0. The second-order valence-electron chi connectivity index (χ2n) is 13.8. The lowest BCUT2D eigenvalue weighted by molar-refractivity contribution is 0.483. The Bertz CT molecular complexity index is 2730. The Labute approximate surface area is 299 Å². The summed E-state index contributed by atoms with van der Waals surface area (Å²) in [4.78, 5) is 4.92. The summed E-state index contributed by atoms with van der Waals surface area (Å²) >= 11 is 3.58. The number of nitrogens with zero attached hydrogens (tertiary/aromatic N) is 3. The van der Waals surface area contributed by atoms with Crippen LogP contribution in [0.25, 0.3) is 66.2 Å². The van der Waals surface area contributed by atoms with E-state index in [1.54, 1.807) is 0 Å². The van der Waals surface area contributed by atoms with Crippen LogP contribution >= 0.6 is 15.9 Å². The molecule has 0 aliphatic carbocycles. The number of halogens is 1. The number of aromatic nitrogens is 3. The molecule has 0 saturated heterocycles. The second-order valence-corrected chi connectivity index (χ2v) is 14.8. The molecule has 0 fully saturated rings. The molecule has 0 atom stereocenters. The van der Waals surface area contributed by atoms with Crippen molar-refractivity contribution in [1.82, 2.24) is 14.1 Å². The minimum atomic E-state index is -0.0194. The first kappa shape index (κ1) is 30.4. The number of pyridine rings is 1. The molecule has 50 heavy (non-hydrogen) atoms. The molecule has 5 heteroatoms. The number of rotatable bonds is 5. The van der Waals surface area contributed by atoms with E-state index in [1.807, 2.05) is 30.5 Å². The Balaban J connectivity index is 1.30. The molecular formula is C45H34BrN3O. The summed E-state index contributed by atoms with van der Waals surface area (Å²) in [5.41, 5.74) is 9.24. The molecule has 0 aliphatic heterocycles. The van der Waals surface area contributed by atoms with Gasteiger partial charge in [0.25, 0.3) is 0 Å². The number of benzene rings is 6. The van der Waals surface area contributed by atoms with E-state index in [0.717, 1.165) is 54.8 Å². The molecule has 0 spiro atoms. The highest BCUT2D eigenvalue weighted by Crippen LogP contribution is 2.41. The SMILES string of the molecule is CC(C)(C)c1ccnc(-n2c3ccc(-c4cccc5c6ccccc6n(-c6ccccc6)c45)cc3c3ccc(Oc4cccc(Br)c4)cc32)c1. The van der Waals surface area contributed by atoms with Crippen LogP contribution in [0.3, 0.4) is 0 Å². The summed E-state index contributed by atoms with van der Waals surface area (Å²) in [6.07, 6.45) is 1.92. The molecule has 0 saturated carbocycles. The van der Waals surface area contributed by atoms with Crippen molar-refractivity contribution in [2.75, 3.05) is 0 Å². The predicted octanol–water partition coefficient (Wildman–Crippen LogP) is 12.8. The van der Waals surface area contributed by atoms with Gasteiger partial charge in [-0.25, -0.2) is 4.98 Å². The van der Waals surface area contributed by atoms with Crippen LogP contribution in [-0.2, 0) is 5.41 Å². The maximum atomic E-state index is 6.39. The van der Waals surface area contributed by atoms with E-state index in [4.69, 9.17) is 9.72 Å². The topological polar surface area (TPSA) is 32.0 Å². The van der Waals surface area contributed by atoms with Gasteiger partial charge in [0.1, 0.15) is 17.3 Å². The molecule has 4 nitrogen and oxygen atoms in total. The average molecular weight is 713 g/mol. The van der Waals surface area contributed by atoms with Gasteiger partial charge in [-0.15, -0.1) is 0 Å². The third-order valence-electron chi connectivity index (χ3n) is 9.63. The minimum Gasteiger partial charge on any atom is -0.457 e. The van der Waals surface area contributed by atoms with E-state index in [2.05, 4.69) is 167 Å². The Hall–Kier alpha value is -5.65. The maximum Gasteiger partial charge on any atom is 0.137 e. The Morgan fingerprint density at radius 2 is 1.30 bits per heavy atom. The van der Waals surface area contributed by atoms with Crippen LogP contribution in [0.1, 0.15) is 26.3 Å². The van der Waals surface area contributed by atoms with E-state index in [1.165, 1.54) is 32.9 Å². The largest absolute Gasteiger partial charge is 0.457 e. The van der Waals surface area contributed by atoms with Crippen LogP contribution in [0.15, 0.2) is 156 Å². The highest BCUT2D eigenvalue weighted by molar-refractivity contribution is 9.10. The fourth-order valence-corrected chi connectivity index (χ4v) is 7.63. The standard InChI is InChI=1S/C45H34BrN3O/c1-45(2,3)30-23-24-47-43(26-30)49-41-22-19-29(25-39(41)37-21-20-34(28-42(37)49)50-33-14-9-11-31(46)27-33)35-16-10-17-38-36-15-7-8-18-40(36)48(44(35)38)32-12-5-4-6-13-32/h4-28H,1-3H3. The van der Waals surface area contributed by atoms with Crippen molar-refractivity contribution in [3.05, 3.63) is 162 Å². The molecule has 3 aromatic heterocycles. The van der Waals surface area contributed by atoms with Crippen LogP contribution in [0.5, 0.6) is 11.5 Å². The molecule has 0 amide bonds. The molecule has 0 radical (unpaired) electrons. The van der Waals surface area contributed by atoms with E-state index in [-0.39, 0.29) is 5.41 Å². The van der Waals surface area contributed by atoms with Crippen LogP contribution in [0.2, 0.25) is 0 Å². The molecule has 0 bridgehead atoms. The van der Waals surface area contributed by atoms with Gasteiger partial charge in [0.2, 0.25) is 0 Å². The summed E-state index contributed by atoms with van der Waals surface area (Å²) < 4.78 is 12.0. The molecule has 3 heterocycles. The summed E-state index contributed by atoms with van der Waals surface area (Å²) in [7, 11) is 0. The van der Waals surface area contributed by atoms with Gasteiger partial charge in [-0.2, -0.15) is 0 Å². The van der Waals surface area contributed by atoms with Crippen molar-refractivity contribution >= 4 is 59.5 Å². The number of fused-ring (bicyclic) bond motifs is 6. The molecule has 0 unspecified atom stereocenters. The van der Waals surface area contributed by atoms with Crippen LogP contribution in [0.4, 0.5) is 0 Å². The molecule has 6 aromatic carbocycles. The smallest absolute Gasteiger partial charge is 0.137 e. The molecule has 9 aromatic rings. The summed E-state index contributed by atoms with van der Waals surface area (Å²) in [6, 6.07) is 51.5. The van der Waals surface area contributed by atoms with Crippen LogP contribution in [-0.4, -0.2) is 14.1 Å². The van der Waals surface area contributed by atoms with Gasteiger partial charge in [0.15, 0.2) is 0 Å². The van der Waals surface area contributed by atoms with Gasteiger partial charge in [0, 0.05) is 49.5 Å². The van der Waals surface area contributed by atoms with Crippen molar-refractivity contribution in [3.8, 4) is 34.1 Å². The van der Waals surface area contributed by atoms with Crippen molar-refractivity contribution in [1.29, 1.82) is 0 Å². The first-order valence-electron chi connectivity index (χ1n) is 16.9. The fraction of sp³-hybridized carbons (Fsp3) is 0.0889. The third-order valence-corrected chi connectivity index (χ3v) is 10.1. The first-order chi connectivity index (χ1) is 24.3. The second kappa shape index (κ2) is 11.7. The van der Waals surface area contributed by atoms with Gasteiger partial charge in [0.05, 0.1) is 22.1 Å². The quantitative estimate of drug-likeness (QED) is 0.178. The lowest BCUT2D eigenvalue weighted by Gasteiger charge is -2.20. The molecular weight excluding hydrogens is 678 g/mol. The van der Waals surface area contributed by atoms with Gasteiger partial charge < -0.3 is 9.30 Å². The van der Waals surface area contributed by atoms with Crippen molar-refractivity contribution in [2.45, 2.75) is 26.2 Å². The monoisotopic (exact) mass is 711 g/mol. The fourth-order valence-electron chi connectivity index (χ4n) is 7.25. The molecule has 0 aliphatic rings. The zero-order valence-corrected chi connectivity index (χ0v) is 29.6. The lowest BCUT2D eigenvalue weighted by atomic mass is 9.88. The summed E-state index contributed by atoms with van der Waals surface area (Å²) in [6.45, 7) is 6.72. The minimum absolute atomic E-state index is 0.0194. The first-order valence-corrected chi connectivity index (χ1v) is 17.7. The van der Waals surface area contributed by atoms with Gasteiger partial charge >= 0.3 is 0 Å². The van der Waals surface area contributed by atoms with E-state index < -0.39 is 0 Å². The lowest BCUT2D eigenvalue weighted by Crippen LogP contribution is -2.12. The van der Waals surface area contributed by atoms with Crippen molar-refractivity contribution in [3.63, 3.8) is 0 Å². The van der Waals surface area contributed by atoms with Crippen LogP contribution in [0, 0.1) is 0 Å². The Kier molecular flexibility index (Phi) is 7.15. The summed E-state index contributed by atoms with van der Waals surface area (Å²) in [5, 5.41) is 4.78. The van der Waals surface area contributed by atoms with Crippen molar-refractivity contribution in [2.24, 2.45) is 0 Å². The summed E-state index contributed by atoms with van der Waals surface area (Å²) in [5.74, 6) is 2.43.